The van der Waals surface area contributed by atoms with E-state index in [1.807, 2.05) is 0 Å². The van der Waals surface area contributed by atoms with E-state index in [4.69, 9.17) is 34.0 Å². The molecular weight excluding hydrogens is 301 g/mol. The highest BCUT2D eigenvalue weighted by molar-refractivity contribution is 6.43. The lowest BCUT2D eigenvalue weighted by molar-refractivity contribution is 0.0509. The highest BCUT2D eigenvalue weighted by Crippen LogP contribution is 2.29. The summed E-state index contributed by atoms with van der Waals surface area (Å²) in [6.07, 6.45) is -2.70. The Balaban J connectivity index is 3.02. The average Bonchev–Trinajstić information content (AvgIpc) is 2.33. The molecule has 1 aromatic carbocycles. The number of hydrogen-bond donors (Lipinski definition) is 2. The van der Waals surface area contributed by atoms with Gasteiger partial charge >= 0.3 is 0 Å². The number of aliphatic hydroxyl groups is 1. The number of aliphatic hydroxyl groups excluding tert-OH is 1. The Morgan fingerprint density at radius 2 is 2.05 bits per heavy atom. The topological polar surface area (TPSA) is 66.6 Å². The Labute approximate surface area is 118 Å². The van der Waals surface area contributed by atoms with Crippen molar-refractivity contribution in [1.82, 2.24) is 4.90 Å². The van der Waals surface area contributed by atoms with Crippen molar-refractivity contribution < 1.29 is 18.7 Å². The van der Waals surface area contributed by atoms with E-state index < -0.39 is 25.5 Å². The number of carbonyl (C=O) groups excluding carboxylic acids is 1. The molecule has 0 heterocycles. The molecule has 0 radical (unpaired) electrons. The number of nitrogen functional groups attached to an aromatic ring is 1. The van der Waals surface area contributed by atoms with E-state index in [1.54, 1.807) is 0 Å². The Hall–Kier alpha value is -1.11. The van der Waals surface area contributed by atoms with Crippen molar-refractivity contribution >= 4 is 34.8 Å². The maximum absolute atomic E-state index is 12.4. The van der Waals surface area contributed by atoms with Gasteiger partial charge < -0.3 is 15.7 Å². The van der Waals surface area contributed by atoms with E-state index in [-0.39, 0.29) is 27.8 Å². The summed E-state index contributed by atoms with van der Waals surface area (Å²) >= 11 is 11.5. The van der Waals surface area contributed by atoms with Crippen molar-refractivity contribution in [3.8, 4) is 0 Å². The van der Waals surface area contributed by atoms with Gasteiger partial charge in [0, 0.05) is 12.1 Å². The standard InChI is InChI=1S/C11H12Cl2F2N2O2/c12-7-3-6(4-8(16)10(7)13)11(19)17(1-2-18)5-9(14)15/h3-4,9,18H,1-2,5,16H2. The molecule has 0 aliphatic heterocycles. The summed E-state index contributed by atoms with van der Waals surface area (Å²) in [6.45, 7) is -1.40. The van der Waals surface area contributed by atoms with Crippen LogP contribution < -0.4 is 5.73 Å². The van der Waals surface area contributed by atoms with Crippen molar-refractivity contribution in [3.63, 3.8) is 0 Å². The number of alkyl halides is 2. The lowest BCUT2D eigenvalue weighted by Crippen LogP contribution is -2.37. The quantitative estimate of drug-likeness (QED) is 0.820. The van der Waals surface area contributed by atoms with Gasteiger partial charge in [0.15, 0.2) is 0 Å². The van der Waals surface area contributed by atoms with Gasteiger partial charge in [0.05, 0.1) is 28.9 Å². The van der Waals surface area contributed by atoms with E-state index in [2.05, 4.69) is 0 Å². The first-order valence-corrected chi connectivity index (χ1v) is 6.05. The molecule has 0 unspecified atom stereocenters. The number of amides is 1. The molecule has 0 aliphatic rings. The van der Waals surface area contributed by atoms with Crippen molar-refractivity contribution in [1.29, 1.82) is 0 Å². The lowest BCUT2D eigenvalue weighted by Gasteiger charge is -2.21. The highest BCUT2D eigenvalue weighted by atomic mass is 35.5. The van der Waals surface area contributed by atoms with Crippen LogP contribution in [-0.4, -0.2) is 42.0 Å². The minimum absolute atomic E-state index is 0.0426. The maximum atomic E-state index is 12.4. The Morgan fingerprint density at radius 3 is 2.53 bits per heavy atom. The normalized spacial score (nSPS) is 10.8. The third-order valence-electron chi connectivity index (χ3n) is 2.32. The van der Waals surface area contributed by atoms with Crippen LogP contribution in [0.15, 0.2) is 12.1 Å². The van der Waals surface area contributed by atoms with Gasteiger partial charge in [-0.2, -0.15) is 0 Å². The number of anilines is 1. The van der Waals surface area contributed by atoms with Gasteiger partial charge in [-0.15, -0.1) is 0 Å². The van der Waals surface area contributed by atoms with Crippen LogP contribution in [-0.2, 0) is 0 Å². The van der Waals surface area contributed by atoms with Gasteiger partial charge in [-0.25, -0.2) is 8.78 Å². The first-order chi connectivity index (χ1) is 8.86. The molecule has 0 saturated carbocycles. The monoisotopic (exact) mass is 312 g/mol. The van der Waals surface area contributed by atoms with E-state index in [1.165, 1.54) is 12.1 Å². The molecule has 0 aromatic heterocycles. The predicted octanol–water partition coefficient (Wildman–Crippen LogP) is 2.28. The van der Waals surface area contributed by atoms with Crippen molar-refractivity contribution in [2.45, 2.75) is 6.43 Å². The summed E-state index contributed by atoms with van der Waals surface area (Å²) in [5.74, 6) is -0.695. The van der Waals surface area contributed by atoms with Crippen LogP contribution in [0.4, 0.5) is 14.5 Å². The summed E-state index contributed by atoms with van der Waals surface area (Å²) in [7, 11) is 0. The number of halogens is 4. The zero-order chi connectivity index (χ0) is 14.6. The van der Waals surface area contributed by atoms with Crippen molar-refractivity contribution in [2.24, 2.45) is 0 Å². The third-order valence-corrected chi connectivity index (χ3v) is 3.14. The van der Waals surface area contributed by atoms with Gasteiger partial charge in [0.2, 0.25) is 0 Å². The van der Waals surface area contributed by atoms with Crippen LogP contribution in [0.1, 0.15) is 10.4 Å². The molecule has 4 nitrogen and oxygen atoms in total. The Morgan fingerprint density at radius 1 is 1.42 bits per heavy atom. The van der Waals surface area contributed by atoms with Gasteiger partial charge in [-0.1, -0.05) is 23.2 Å². The van der Waals surface area contributed by atoms with Gasteiger partial charge in [0.1, 0.15) is 0 Å². The molecule has 19 heavy (non-hydrogen) atoms. The summed E-state index contributed by atoms with van der Waals surface area (Å²) in [5.41, 5.74) is 5.67. The molecule has 1 aromatic rings. The Kier molecular flexibility index (Phi) is 5.78. The molecule has 0 fully saturated rings. The molecule has 1 rings (SSSR count). The molecular formula is C11H12Cl2F2N2O2. The minimum Gasteiger partial charge on any atom is -0.397 e. The number of nitrogens with two attached hydrogens (primary N) is 1. The fourth-order valence-electron chi connectivity index (χ4n) is 1.48. The molecule has 3 N–H and O–H groups in total. The summed E-state index contributed by atoms with van der Waals surface area (Å²) in [5, 5.41) is 8.95. The zero-order valence-electron chi connectivity index (χ0n) is 9.75. The predicted molar refractivity (Wildman–Crippen MR) is 69.9 cm³/mol. The van der Waals surface area contributed by atoms with E-state index >= 15 is 0 Å². The second kappa shape index (κ2) is 6.88. The van der Waals surface area contributed by atoms with Crippen molar-refractivity contribution in [2.75, 3.05) is 25.4 Å². The van der Waals surface area contributed by atoms with E-state index in [0.717, 1.165) is 4.90 Å². The van der Waals surface area contributed by atoms with E-state index in [0.29, 0.717) is 0 Å². The van der Waals surface area contributed by atoms with Gasteiger partial charge in [-0.3, -0.25) is 4.79 Å². The lowest BCUT2D eigenvalue weighted by atomic mass is 10.1. The maximum Gasteiger partial charge on any atom is 0.255 e. The van der Waals surface area contributed by atoms with Crippen LogP contribution in [0.3, 0.4) is 0 Å². The molecule has 0 bridgehead atoms. The molecule has 8 heteroatoms. The van der Waals surface area contributed by atoms with Gasteiger partial charge in [0.25, 0.3) is 12.3 Å². The summed E-state index contributed by atoms with van der Waals surface area (Å²) in [6, 6.07) is 2.50. The van der Waals surface area contributed by atoms with Crippen molar-refractivity contribution in [3.05, 3.63) is 27.7 Å². The van der Waals surface area contributed by atoms with Crippen LogP contribution in [0.2, 0.25) is 10.0 Å². The number of carbonyl (C=O) groups is 1. The fraction of sp³-hybridized carbons (Fsp3) is 0.364. The van der Waals surface area contributed by atoms with Crippen LogP contribution in [0.25, 0.3) is 0 Å². The summed E-state index contributed by atoms with van der Waals surface area (Å²) in [4.78, 5) is 12.8. The highest BCUT2D eigenvalue weighted by Gasteiger charge is 2.20. The molecule has 0 spiro atoms. The SMILES string of the molecule is Nc1cc(C(=O)N(CCO)CC(F)F)cc(Cl)c1Cl. The molecule has 0 aliphatic carbocycles. The second-order valence-electron chi connectivity index (χ2n) is 3.73. The largest absolute Gasteiger partial charge is 0.397 e. The zero-order valence-corrected chi connectivity index (χ0v) is 11.3. The molecule has 106 valence electrons. The summed E-state index contributed by atoms with van der Waals surface area (Å²) < 4.78 is 24.7. The first-order valence-electron chi connectivity index (χ1n) is 5.29. The number of benzene rings is 1. The van der Waals surface area contributed by atoms with Crippen LogP contribution >= 0.6 is 23.2 Å². The molecule has 1 amide bonds. The second-order valence-corrected chi connectivity index (χ2v) is 4.51. The van der Waals surface area contributed by atoms with Crippen LogP contribution in [0, 0.1) is 0 Å². The number of nitrogens with zero attached hydrogens (tertiary/aromatic N) is 1. The smallest absolute Gasteiger partial charge is 0.255 e. The van der Waals surface area contributed by atoms with Gasteiger partial charge in [-0.05, 0) is 12.1 Å². The first kappa shape index (κ1) is 15.9. The van der Waals surface area contributed by atoms with E-state index in [9.17, 15) is 13.6 Å². The number of rotatable bonds is 5. The molecule has 0 atom stereocenters. The number of hydrogen-bond acceptors (Lipinski definition) is 3. The molecule has 0 saturated heterocycles. The van der Waals surface area contributed by atoms with Crippen LogP contribution in [0.5, 0.6) is 0 Å². The Bertz CT molecular complexity index is 449. The fourth-order valence-corrected chi connectivity index (χ4v) is 1.82. The third kappa shape index (κ3) is 4.19. The average molecular weight is 313 g/mol. The minimum atomic E-state index is -2.70.